The fraction of sp³-hybridized carbons (Fsp3) is 0.111. The maximum atomic E-state index is 11.8. The monoisotopic (exact) mass is 322 g/mol. The quantitative estimate of drug-likeness (QED) is 0.782. The highest BCUT2D eigenvalue weighted by Gasteiger charge is 2.24. The number of phenolic OH excluding ortho intramolecular Hbond substituents is 1. The third-order valence-electron chi connectivity index (χ3n) is 4.05. The fourth-order valence-electron chi connectivity index (χ4n) is 2.81. The molecule has 0 bridgehead atoms. The number of phenols is 1. The second kappa shape index (κ2) is 5.21. The Bertz CT molecular complexity index is 917. The predicted octanol–water partition coefficient (Wildman–Crippen LogP) is 3.70. The number of thiazole rings is 1. The van der Waals surface area contributed by atoms with Crippen molar-refractivity contribution < 1.29 is 9.90 Å². The number of carbonyl (C=O) groups excluding carboxylic acids is 1. The van der Waals surface area contributed by atoms with Crippen LogP contribution in [0.5, 0.6) is 5.75 Å². The molecule has 3 aromatic rings. The minimum Gasteiger partial charge on any atom is -0.508 e. The smallest absolute Gasteiger partial charge is 0.231 e. The van der Waals surface area contributed by atoms with Crippen molar-refractivity contribution in [1.29, 1.82) is 0 Å². The van der Waals surface area contributed by atoms with Gasteiger partial charge >= 0.3 is 0 Å². The number of likely N-dealkylation sites (N-methyl/N-ethyl adjacent to an activating group) is 1. The van der Waals surface area contributed by atoms with E-state index in [1.165, 1.54) is 0 Å². The Hall–Kier alpha value is -2.66. The number of rotatable bonds is 2. The molecular weight excluding hydrogens is 308 g/mol. The molecule has 1 aliphatic rings. The first-order chi connectivity index (χ1) is 11.1. The Morgan fingerprint density at radius 1 is 1.17 bits per heavy atom. The van der Waals surface area contributed by atoms with Crippen LogP contribution in [0.1, 0.15) is 5.56 Å². The Labute approximate surface area is 137 Å². The van der Waals surface area contributed by atoms with Crippen LogP contribution in [0.25, 0.3) is 21.8 Å². The van der Waals surface area contributed by atoms with Gasteiger partial charge < -0.3 is 10.0 Å². The van der Waals surface area contributed by atoms with Crippen LogP contribution in [0.2, 0.25) is 0 Å². The van der Waals surface area contributed by atoms with Crippen molar-refractivity contribution in [3.63, 3.8) is 0 Å². The van der Waals surface area contributed by atoms with Crippen LogP contribution in [0.3, 0.4) is 0 Å². The van der Waals surface area contributed by atoms with Gasteiger partial charge in [0.2, 0.25) is 5.91 Å². The molecule has 114 valence electrons. The molecule has 4 nitrogen and oxygen atoms in total. The number of anilines is 1. The van der Waals surface area contributed by atoms with Crippen molar-refractivity contribution >= 4 is 22.9 Å². The standard InChI is InChI=1S/C18H14N2O2S/c1-20-16-6-5-11(7-13(16)9-17(20)22)15-10-23-18(19-15)12-3-2-4-14(21)8-12/h2-8,10,21H,9H2,1H3. The molecule has 4 rings (SSSR count). The van der Waals surface area contributed by atoms with Crippen LogP contribution < -0.4 is 4.90 Å². The maximum Gasteiger partial charge on any atom is 0.231 e. The van der Waals surface area contributed by atoms with E-state index in [0.29, 0.717) is 6.42 Å². The van der Waals surface area contributed by atoms with Gasteiger partial charge in [0.15, 0.2) is 0 Å². The molecular formula is C18H14N2O2S. The van der Waals surface area contributed by atoms with Gasteiger partial charge in [0.1, 0.15) is 10.8 Å². The molecule has 0 radical (unpaired) electrons. The Morgan fingerprint density at radius 2 is 2.04 bits per heavy atom. The van der Waals surface area contributed by atoms with E-state index < -0.39 is 0 Å². The first-order valence-corrected chi connectivity index (χ1v) is 8.14. The molecule has 0 spiro atoms. The molecule has 0 saturated heterocycles. The topological polar surface area (TPSA) is 53.4 Å². The minimum absolute atomic E-state index is 0.121. The second-order valence-corrected chi connectivity index (χ2v) is 6.42. The maximum absolute atomic E-state index is 11.8. The third kappa shape index (κ3) is 2.39. The van der Waals surface area contributed by atoms with Crippen molar-refractivity contribution in [1.82, 2.24) is 4.98 Å². The summed E-state index contributed by atoms with van der Waals surface area (Å²) in [5.41, 5.74) is 4.81. The number of amides is 1. The summed E-state index contributed by atoms with van der Waals surface area (Å²) >= 11 is 1.54. The van der Waals surface area contributed by atoms with Gasteiger partial charge in [-0.3, -0.25) is 4.79 Å². The zero-order valence-electron chi connectivity index (χ0n) is 12.5. The first-order valence-electron chi connectivity index (χ1n) is 7.26. The molecule has 1 amide bonds. The van der Waals surface area contributed by atoms with Crippen molar-refractivity contribution in [2.45, 2.75) is 6.42 Å². The lowest BCUT2D eigenvalue weighted by molar-refractivity contribution is -0.117. The molecule has 2 aromatic carbocycles. The summed E-state index contributed by atoms with van der Waals surface area (Å²) in [5.74, 6) is 0.356. The van der Waals surface area contributed by atoms with E-state index in [1.54, 1.807) is 35.4 Å². The highest BCUT2D eigenvalue weighted by molar-refractivity contribution is 7.13. The Kier molecular flexibility index (Phi) is 3.16. The molecule has 0 aliphatic carbocycles. The van der Waals surface area contributed by atoms with Gasteiger partial charge in [-0.05, 0) is 29.8 Å². The van der Waals surface area contributed by atoms with Crippen LogP contribution in [0.15, 0.2) is 47.8 Å². The van der Waals surface area contributed by atoms with E-state index in [4.69, 9.17) is 0 Å². The third-order valence-corrected chi connectivity index (χ3v) is 4.94. The van der Waals surface area contributed by atoms with Gasteiger partial charge in [-0.1, -0.05) is 18.2 Å². The number of aromatic nitrogens is 1. The first kappa shape index (κ1) is 14.0. The molecule has 2 heterocycles. The van der Waals surface area contributed by atoms with Gasteiger partial charge in [0.05, 0.1) is 12.1 Å². The Balaban J connectivity index is 1.70. The summed E-state index contributed by atoms with van der Waals surface area (Å²) in [6.07, 6.45) is 0.448. The van der Waals surface area contributed by atoms with Crippen LogP contribution in [0.4, 0.5) is 5.69 Å². The average molecular weight is 322 g/mol. The van der Waals surface area contributed by atoms with E-state index in [9.17, 15) is 9.90 Å². The van der Waals surface area contributed by atoms with Gasteiger partial charge in [-0.15, -0.1) is 11.3 Å². The van der Waals surface area contributed by atoms with E-state index in [-0.39, 0.29) is 11.7 Å². The molecule has 0 atom stereocenters. The van der Waals surface area contributed by atoms with Crippen LogP contribution in [0, 0.1) is 0 Å². The lowest BCUT2D eigenvalue weighted by atomic mass is 10.1. The molecule has 0 saturated carbocycles. The lowest BCUT2D eigenvalue weighted by Crippen LogP contribution is -2.20. The van der Waals surface area contributed by atoms with Gasteiger partial charge in [0, 0.05) is 29.2 Å². The zero-order valence-corrected chi connectivity index (χ0v) is 13.3. The van der Waals surface area contributed by atoms with Gasteiger partial charge in [0.25, 0.3) is 0 Å². The predicted molar refractivity (Wildman–Crippen MR) is 91.8 cm³/mol. The van der Waals surface area contributed by atoms with E-state index in [1.807, 2.05) is 35.7 Å². The fourth-order valence-corrected chi connectivity index (χ4v) is 3.63. The normalized spacial score (nSPS) is 13.4. The van der Waals surface area contributed by atoms with Crippen molar-refractivity contribution in [3.8, 4) is 27.6 Å². The zero-order chi connectivity index (χ0) is 16.0. The van der Waals surface area contributed by atoms with E-state index in [2.05, 4.69) is 4.98 Å². The lowest BCUT2D eigenvalue weighted by Gasteiger charge is -2.09. The van der Waals surface area contributed by atoms with Crippen molar-refractivity contribution in [2.75, 3.05) is 11.9 Å². The largest absolute Gasteiger partial charge is 0.508 e. The van der Waals surface area contributed by atoms with Crippen LogP contribution >= 0.6 is 11.3 Å². The molecule has 0 fully saturated rings. The molecule has 23 heavy (non-hydrogen) atoms. The number of hydrogen-bond donors (Lipinski definition) is 1. The van der Waals surface area contributed by atoms with E-state index >= 15 is 0 Å². The van der Waals surface area contributed by atoms with Gasteiger partial charge in [-0.25, -0.2) is 4.98 Å². The summed E-state index contributed by atoms with van der Waals surface area (Å²) in [6.45, 7) is 0. The average Bonchev–Trinajstić information content (AvgIpc) is 3.13. The Morgan fingerprint density at radius 3 is 2.87 bits per heavy atom. The van der Waals surface area contributed by atoms with Crippen molar-refractivity contribution in [2.24, 2.45) is 0 Å². The molecule has 1 aromatic heterocycles. The number of carbonyl (C=O) groups is 1. The summed E-state index contributed by atoms with van der Waals surface area (Å²) < 4.78 is 0. The summed E-state index contributed by atoms with van der Waals surface area (Å²) in [7, 11) is 1.80. The molecule has 5 heteroatoms. The van der Waals surface area contributed by atoms with Crippen LogP contribution in [-0.4, -0.2) is 23.0 Å². The second-order valence-electron chi connectivity index (χ2n) is 5.56. The number of hydrogen-bond acceptors (Lipinski definition) is 4. The summed E-state index contributed by atoms with van der Waals surface area (Å²) in [5, 5.41) is 12.5. The van der Waals surface area contributed by atoms with Crippen LogP contribution in [-0.2, 0) is 11.2 Å². The summed E-state index contributed by atoms with van der Waals surface area (Å²) in [4.78, 5) is 18.1. The molecule has 1 aliphatic heterocycles. The molecule has 1 N–H and O–H groups in total. The van der Waals surface area contributed by atoms with E-state index in [0.717, 1.165) is 33.1 Å². The number of benzene rings is 2. The molecule has 0 unspecified atom stereocenters. The SMILES string of the molecule is CN1C(=O)Cc2cc(-c3csc(-c4cccc(O)c4)n3)ccc21. The highest BCUT2D eigenvalue weighted by atomic mass is 32.1. The van der Waals surface area contributed by atoms with Gasteiger partial charge in [-0.2, -0.15) is 0 Å². The van der Waals surface area contributed by atoms with Crippen molar-refractivity contribution in [3.05, 3.63) is 53.4 Å². The number of fused-ring (bicyclic) bond motifs is 1. The summed E-state index contributed by atoms with van der Waals surface area (Å²) in [6, 6.07) is 13.1. The highest BCUT2D eigenvalue weighted by Crippen LogP contribution is 2.34. The minimum atomic E-state index is 0.121. The number of aromatic hydroxyl groups is 1. The number of nitrogens with zero attached hydrogens (tertiary/aromatic N) is 2.